The summed E-state index contributed by atoms with van der Waals surface area (Å²) in [6.45, 7) is 0. The second kappa shape index (κ2) is 9.39. The number of rotatable bonds is 6. The van der Waals surface area contributed by atoms with Crippen LogP contribution >= 0.6 is 0 Å². The molecule has 0 saturated heterocycles. The van der Waals surface area contributed by atoms with Gasteiger partial charge in [-0.25, -0.2) is 9.59 Å². The standard InChI is InChI=1S/C8H10N2O2.C4H6O6/c9-7(4-8(11)12)6-2-1-3-10-5-6;5-1(3(7)8)2(6)4(9)10/h1-3,5,7H,4,9H2,(H,11,12);1-2,5-6H,(H,7,8)(H,9,10). The number of nitrogens with zero attached hydrogens (tertiary/aromatic N) is 1. The predicted octanol–water partition coefficient (Wildman–Crippen LogP) is -1.57. The zero-order valence-corrected chi connectivity index (χ0v) is 11.2. The smallest absolute Gasteiger partial charge is 0.335 e. The molecule has 0 bridgehead atoms. The van der Waals surface area contributed by atoms with Crippen molar-refractivity contribution < 1.29 is 39.9 Å². The highest BCUT2D eigenvalue weighted by Crippen LogP contribution is 2.11. The average Bonchev–Trinajstić information content (AvgIpc) is 2.46. The Labute approximate surface area is 124 Å². The van der Waals surface area contributed by atoms with E-state index in [9.17, 15) is 14.4 Å². The third-order valence-electron chi connectivity index (χ3n) is 2.31. The number of carboxylic acids is 3. The molecule has 122 valence electrons. The number of aliphatic carboxylic acids is 3. The van der Waals surface area contributed by atoms with Crippen molar-refractivity contribution in [1.82, 2.24) is 4.98 Å². The van der Waals surface area contributed by atoms with Crippen LogP contribution in [0.2, 0.25) is 0 Å². The second-order valence-electron chi connectivity index (χ2n) is 4.06. The SMILES string of the molecule is NC(CC(=O)O)c1cccnc1.O=C(O)C(O)C(O)C(=O)O. The number of pyridine rings is 1. The molecule has 3 unspecified atom stereocenters. The summed E-state index contributed by atoms with van der Waals surface area (Å²) in [5, 5.41) is 41.0. The molecule has 3 atom stereocenters. The quantitative estimate of drug-likeness (QED) is 0.357. The van der Waals surface area contributed by atoms with E-state index >= 15 is 0 Å². The number of hydrogen-bond donors (Lipinski definition) is 6. The molecule has 0 saturated carbocycles. The van der Waals surface area contributed by atoms with E-state index < -0.39 is 36.2 Å². The van der Waals surface area contributed by atoms with Gasteiger partial charge in [-0.05, 0) is 11.6 Å². The summed E-state index contributed by atoms with van der Waals surface area (Å²) < 4.78 is 0. The van der Waals surface area contributed by atoms with Crippen molar-refractivity contribution in [1.29, 1.82) is 0 Å². The molecule has 22 heavy (non-hydrogen) atoms. The van der Waals surface area contributed by atoms with Crippen molar-refractivity contribution in [2.45, 2.75) is 24.7 Å². The van der Waals surface area contributed by atoms with E-state index in [0.717, 1.165) is 5.56 Å². The Kier molecular flexibility index (Phi) is 8.30. The van der Waals surface area contributed by atoms with Crippen LogP contribution in [0.25, 0.3) is 0 Å². The van der Waals surface area contributed by atoms with Gasteiger partial charge in [-0.3, -0.25) is 9.78 Å². The van der Waals surface area contributed by atoms with Crippen molar-refractivity contribution in [3.8, 4) is 0 Å². The maximum absolute atomic E-state index is 10.3. The van der Waals surface area contributed by atoms with Crippen LogP contribution in [0.3, 0.4) is 0 Å². The molecule has 0 spiro atoms. The number of nitrogens with two attached hydrogens (primary N) is 1. The van der Waals surface area contributed by atoms with Gasteiger partial charge in [0, 0.05) is 18.4 Å². The Morgan fingerprint density at radius 2 is 1.59 bits per heavy atom. The van der Waals surface area contributed by atoms with E-state index in [2.05, 4.69) is 4.98 Å². The van der Waals surface area contributed by atoms with Crippen molar-refractivity contribution in [3.63, 3.8) is 0 Å². The summed E-state index contributed by atoms with van der Waals surface area (Å²) in [4.78, 5) is 33.7. The maximum Gasteiger partial charge on any atom is 0.335 e. The summed E-state index contributed by atoms with van der Waals surface area (Å²) >= 11 is 0. The first kappa shape index (κ1) is 19.4. The lowest BCUT2D eigenvalue weighted by molar-refractivity contribution is -0.165. The zero-order valence-electron chi connectivity index (χ0n) is 11.2. The third kappa shape index (κ3) is 7.28. The lowest BCUT2D eigenvalue weighted by Gasteiger charge is -2.07. The fourth-order valence-electron chi connectivity index (χ4n) is 1.17. The molecule has 10 heteroatoms. The molecule has 7 N–H and O–H groups in total. The van der Waals surface area contributed by atoms with Crippen LogP contribution in [0.4, 0.5) is 0 Å². The lowest BCUT2D eigenvalue weighted by Crippen LogP contribution is -2.39. The number of aliphatic hydroxyl groups is 2. The minimum Gasteiger partial charge on any atom is -0.481 e. The van der Waals surface area contributed by atoms with Gasteiger partial charge >= 0.3 is 17.9 Å². The van der Waals surface area contributed by atoms with Gasteiger partial charge in [0.1, 0.15) is 0 Å². The number of aromatic nitrogens is 1. The number of aliphatic hydroxyl groups excluding tert-OH is 2. The molecule has 0 radical (unpaired) electrons. The van der Waals surface area contributed by atoms with Crippen LogP contribution in [-0.2, 0) is 14.4 Å². The predicted molar refractivity (Wildman–Crippen MR) is 70.7 cm³/mol. The fraction of sp³-hybridized carbons (Fsp3) is 0.333. The van der Waals surface area contributed by atoms with E-state index in [4.69, 9.17) is 31.3 Å². The van der Waals surface area contributed by atoms with Crippen molar-refractivity contribution in [2.24, 2.45) is 5.73 Å². The molecule has 0 aliphatic rings. The first-order valence-corrected chi connectivity index (χ1v) is 5.85. The largest absolute Gasteiger partial charge is 0.481 e. The molecular formula is C12H16N2O8. The third-order valence-corrected chi connectivity index (χ3v) is 2.31. The molecule has 10 nitrogen and oxygen atoms in total. The summed E-state index contributed by atoms with van der Waals surface area (Å²) in [5.74, 6) is -4.43. The molecule has 0 amide bonds. The highest BCUT2D eigenvalue weighted by Gasteiger charge is 2.29. The van der Waals surface area contributed by atoms with Crippen LogP contribution in [0.15, 0.2) is 24.5 Å². The highest BCUT2D eigenvalue weighted by atomic mass is 16.4. The molecule has 1 aromatic heterocycles. The minimum absolute atomic E-state index is 0.0638. The Balaban J connectivity index is 0.000000409. The molecule has 0 aliphatic heterocycles. The molecule has 0 aliphatic carbocycles. The van der Waals surface area contributed by atoms with Crippen molar-refractivity contribution in [2.75, 3.05) is 0 Å². The van der Waals surface area contributed by atoms with Gasteiger partial charge in [-0.2, -0.15) is 0 Å². The molecule has 0 aromatic carbocycles. The highest BCUT2D eigenvalue weighted by molar-refractivity contribution is 5.83. The molecule has 1 aromatic rings. The van der Waals surface area contributed by atoms with Gasteiger partial charge in [-0.15, -0.1) is 0 Å². The first-order chi connectivity index (χ1) is 10.2. The normalized spacial score (nSPS) is 14.0. The minimum atomic E-state index is -2.27. The molecule has 0 fully saturated rings. The van der Waals surface area contributed by atoms with E-state index in [1.165, 1.54) is 0 Å². The second-order valence-corrected chi connectivity index (χ2v) is 4.06. The molecule has 1 rings (SSSR count). The lowest BCUT2D eigenvalue weighted by atomic mass is 10.1. The number of carbonyl (C=O) groups is 3. The Morgan fingerprint density at radius 3 is 1.91 bits per heavy atom. The van der Waals surface area contributed by atoms with E-state index in [0.29, 0.717) is 0 Å². The topological polar surface area (TPSA) is 191 Å². The van der Waals surface area contributed by atoms with Crippen molar-refractivity contribution >= 4 is 17.9 Å². The zero-order chi connectivity index (χ0) is 17.3. The van der Waals surface area contributed by atoms with Crippen LogP contribution in [0, 0.1) is 0 Å². The van der Waals surface area contributed by atoms with Gasteiger partial charge < -0.3 is 31.3 Å². The summed E-state index contributed by atoms with van der Waals surface area (Å²) in [7, 11) is 0. The van der Waals surface area contributed by atoms with Gasteiger partial charge in [0.2, 0.25) is 0 Å². The number of carboxylic acid groups (broad SMARTS) is 3. The van der Waals surface area contributed by atoms with E-state index in [-0.39, 0.29) is 6.42 Å². The monoisotopic (exact) mass is 316 g/mol. The summed E-state index contributed by atoms with van der Waals surface area (Å²) in [5.41, 5.74) is 6.33. The van der Waals surface area contributed by atoms with Gasteiger partial charge in [-0.1, -0.05) is 6.07 Å². The first-order valence-electron chi connectivity index (χ1n) is 5.85. The number of hydrogen-bond acceptors (Lipinski definition) is 7. The van der Waals surface area contributed by atoms with Crippen LogP contribution in [0.5, 0.6) is 0 Å². The van der Waals surface area contributed by atoms with Gasteiger partial charge in [0.25, 0.3) is 0 Å². The maximum atomic E-state index is 10.3. The summed E-state index contributed by atoms with van der Waals surface area (Å²) in [6, 6.07) is 3.04. The molecule has 1 heterocycles. The Hall–Kier alpha value is -2.56. The summed E-state index contributed by atoms with van der Waals surface area (Å²) in [6.07, 6.45) is -1.40. The van der Waals surface area contributed by atoms with Crippen molar-refractivity contribution in [3.05, 3.63) is 30.1 Å². The van der Waals surface area contributed by atoms with E-state index in [1.54, 1.807) is 24.5 Å². The fourth-order valence-corrected chi connectivity index (χ4v) is 1.17. The Bertz CT molecular complexity index is 489. The average molecular weight is 316 g/mol. The van der Waals surface area contributed by atoms with Crippen LogP contribution < -0.4 is 5.73 Å². The van der Waals surface area contributed by atoms with Crippen LogP contribution in [0.1, 0.15) is 18.0 Å². The van der Waals surface area contributed by atoms with Crippen LogP contribution in [-0.4, -0.2) is 60.6 Å². The Morgan fingerprint density at radius 1 is 1.09 bits per heavy atom. The van der Waals surface area contributed by atoms with Gasteiger partial charge in [0.05, 0.1) is 6.42 Å². The molecular weight excluding hydrogens is 300 g/mol. The van der Waals surface area contributed by atoms with Gasteiger partial charge in [0.15, 0.2) is 12.2 Å². The van der Waals surface area contributed by atoms with E-state index in [1.807, 2.05) is 0 Å².